The van der Waals surface area contributed by atoms with Gasteiger partial charge in [0, 0.05) is 15.1 Å². The smallest absolute Gasteiger partial charge is 0.343 e. The van der Waals surface area contributed by atoms with Crippen LogP contribution < -0.4 is 10.2 Å². The van der Waals surface area contributed by atoms with Crippen molar-refractivity contribution in [3.8, 4) is 5.75 Å². The molecule has 29 heavy (non-hydrogen) atoms. The molecular formula is C21H13BrCl2N2O3. The molecule has 3 aromatic carbocycles. The highest BCUT2D eigenvalue weighted by Gasteiger charge is 2.12. The highest BCUT2D eigenvalue weighted by atomic mass is 79.9. The first-order chi connectivity index (χ1) is 13.9. The van der Waals surface area contributed by atoms with E-state index in [1.807, 2.05) is 0 Å². The number of rotatable bonds is 5. The van der Waals surface area contributed by atoms with E-state index in [0.717, 1.165) is 4.47 Å². The van der Waals surface area contributed by atoms with Gasteiger partial charge in [-0.15, -0.1) is 0 Å². The summed E-state index contributed by atoms with van der Waals surface area (Å²) in [4.78, 5) is 24.5. The van der Waals surface area contributed by atoms with Gasteiger partial charge >= 0.3 is 5.97 Å². The van der Waals surface area contributed by atoms with Crippen molar-refractivity contribution in [2.45, 2.75) is 0 Å². The Morgan fingerprint density at radius 1 is 1.00 bits per heavy atom. The number of nitrogens with zero attached hydrogens (tertiary/aromatic N) is 1. The molecule has 0 saturated carbocycles. The van der Waals surface area contributed by atoms with Gasteiger partial charge in [-0.2, -0.15) is 5.10 Å². The molecule has 0 aliphatic heterocycles. The van der Waals surface area contributed by atoms with Crippen molar-refractivity contribution < 1.29 is 14.3 Å². The fourth-order valence-electron chi connectivity index (χ4n) is 2.32. The van der Waals surface area contributed by atoms with Gasteiger partial charge in [0.05, 0.1) is 22.4 Å². The number of ether oxygens (including phenoxy) is 1. The largest absolute Gasteiger partial charge is 0.422 e. The van der Waals surface area contributed by atoms with Crippen molar-refractivity contribution in [1.82, 2.24) is 5.43 Å². The molecule has 0 aliphatic carbocycles. The zero-order valence-corrected chi connectivity index (χ0v) is 17.8. The minimum Gasteiger partial charge on any atom is -0.422 e. The van der Waals surface area contributed by atoms with E-state index in [4.69, 9.17) is 27.9 Å². The first kappa shape index (κ1) is 21.0. The number of hydrogen-bond donors (Lipinski definition) is 1. The first-order valence-electron chi connectivity index (χ1n) is 8.29. The van der Waals surface area contributed by atoms with E-state index < -0.39 is 11.9 Å². The van der Waals surface area contributed by atoms with Crippen molar-refractivity contribution in [1.29, 1.82) is 0 Å². The Balaban J connectivity index is 1.75. The number of hydrogen-bond acceptors (Lipinski definition) is 4. The zero-order chi connectivity index (χ0) is 20.8. The Morgan fingerprint density at radius 2 is 1.72 bits per heavy atom. The van der Waals surface area contributed by atoms with Crippen molar-refractivity contribution in [3.05, 3.63) is 97.9 Å². The molecule has 0 aromatic heterocycles. The number of halogens is 3. The van der Waals surface area contributed by atoms with Crippen LogP contribution in [0.15, 0.2) is 76.3 Å². The van der Waals surface area contributed by atoms with Gasteiger partial charge in [-0.1, -0.05) is 51.3 Å². The lowest BCUT2D eigenvalue weighted by Crippen LogP contribution is -2.18. The van der Waals surface area contributed by atoms with Crippen LogP contribution in [0.2, 0.25) is 10.0 Å². The summed E-state index contributed by atoms with van der Waals surface area (Å²) in [6, 6.07) is 18.0. The molecule has 0 aliphatic rings. The lowest BCUT2D eigenvalue weighted by Gasteiger charge is -2.08. The van der Waals surface area contributed by atoms with Crippen LogP contribution in [0.25, 0.3) is 0 Å². The number of carbonyl (C=O) groups excluding carboxylic acids is 2. The predicted molar refractivity (Wildman–Crippen MR) is 117 cm³/mol. The fraction of sp³-hybridized carbons (Fsp3) is 0. The van der Waals surface area contributed by atoms with Gasteiger partial charge in [0.1, 0.15) is 5.75 Å². The summed E-state index contributed by atoms with van der Waals surface area (Å²) in [5, 5.41) is 4.78. The third-order valence-electron chi connectivity index (χ3n) is 3.74. The molecule has 0 bridgehead atoms. The number of amides is 1. The highest BCUT2D eigenvalue weighted by Crippen LogP contribution is 2.23. The van der Waals surface area contributed by atoms with Crippen molar-refractivity contribution in [3.63, 3.8) is 0 Å². The summed E-state index contributed by atoms with van der Waals surface area (Å²) in [5.74, 6) is -0.718. The molecule has 3 rings (SSSR count). The second-order valence-electron chi connectivity index (χ2n) is 5.76. The monoisotopic (exact) mass is 490 g/mol. The van der Waals surface area contributed by atoms with Crippen LogP contribution in [-0.4, -0.2) is 18.1 Å². The molecular weight excluding hydrogens is 479 g/mol. The molecule has 0 spiro atoms. The Morgan fingerprint density at radius 3 is 2.45 bits per heavy atom. The summed E-state index contributed by atoms with van der Waals surface area (Å²) < 4.78 is 6.21. The maximum absolute atomic E-state index is 12.4. The Hall–Kier alpha value is -2.67. The molecule has 1 N–H and O–H groups in total. The van der Waals surface area contributed by atoms with Crippen LogP contribution in [0.1, 0.15) is 26.3 Å². The van der Waals surface area contributed by atoms with Gasteiger partial charge in [0.15, 0.2) is 0 Å². The van der Waals surface area contributed by atoms with Gasteiger partial charge in [-0.05, 0) is 54.6 Å². The molecule has 146 valence electrons. The van der Waals surface area contributed by atoms with Gasteiger partial charge < -0.3 is 4.74 Å². The Labute approximate surface area is 185 Å². The van der Waals surface area contributed by atoms with Crippen LogP contribution in [0, 0.1) is 0 Å². The van der Waals surface area contributed by atoms with E-state index in [2.05, 4.69) is 26.5 Å². The number of carbonyl (C=O) groups is 2. The third kappa shape index (κ3) is 5.67. The van der Waals surface area contributed by atoms with E-state index in [1.54, 1.807) is 66.7 Å². The second kappa shape index (κ2) is 9.69. The average molecular weight is 492 g/mol. The third-order valence-corrected chi connectivity index (χ3v) is 4.82. The maximum atomic E-state index is 12.4. The normalized spacial score (nSPS) is 10.7. The lowest BCUT2D eigenvalue weighted by molar-refractivity contribution is 0.0734. The van der Waals surface area contributed by atoms with Gasteiger partial charge in [-0.25, -0.2) is 10.2 Å². The number of benzene rings is 3. The van der Waals surface area contributed by atoms with E-state index in [1.165, 1.54) is 6.21 Å². The molecule has 0 atom stereocenters. The van der Waals surface area contributed by atoms with E-state index >= 15 is 0 Å². The number of hydrazone groups is 1. The molecule has 0 fully saturated rings. The molecule has 5 nitrogen and oxygen atoms in total. The quantitative estimate of drug-likeness (QED) is 0.214. The first-order valence-corrected chi connectivity index (χ1v) is 9.84. The van der Waals surface area contributed by atoms with Gasteiger partial charge in [-0.3, -0.25) is 4.79 Å². The Bertz CT molecular complexity index is 1090. The molecule has 0 unspecified atom stereocenters. The van der Waals surface area contributed by atoms with Crippen LogP contribution in [-0.2, 0) is 0 Å². The van der Waals surface area contributed by atoms with E-state index in [0.29, 0.717) is 26.7 Å². The molecule has 0 radical (unpaired) electrons. The van der Waals surface area contributed by atoms with Crippen molar-refractivity contribution >= 4 is 57.2 Å². The van der Waals surface area contributed by atoms with Crippen molar-refractivity contribution in [2.75, 3.05) is 0 Å². The van der Waals surface area contributed by atoms with Crippen LogP contribution in [0.4, 0.5) is 0 Å². The topological polar surface area (TPSA) is 67.8 Å². The summed E-state index contributed by atoms with van der Waals surface area (Å²) in [6.07, 6.45) is 1.38. The molecule has 3 aromatic rings. The average Bonchev–Trinajstić information content (AvgIpc) is 2.70. The zero-order valence-electron chi connectivity index (χ0n) is 14.7. The lowest BCUT2D eigenvalue weighted by atomic mass is 10.2. The molecule has 0 saturated heterocycles. The molecule has 1 amide bonds. The summed E-state index contributed by atoms with van der Waals surface area (Å²) >= 11 is 15.2. The van der Waals surface area contributed by atoms with Gasteiger partial charge in [0.2, 0.25) is 0 Å². The van der Waals surface area contributed by atoms with Crippen LogP contribution in [0.5, 0.6) is 5.75 Å². The minimum atomic E-state index is -0.543. The minimum absolute atomic E-state index is 0.281. The Kier molecular flexibility index (Phi) is 7.04. The summed E-state index contributed by atoms with van der Waals surface area (Å²) in [6.45, 7) is 0. The molecule has 8 heteroatoms. The van der Waals surface area contributed by atoms with E-state index in [9.17, 15) is 9.59 Å². The standard InChI is InChI=1S/C21H13BrCl2N2O3/c22-15-7-10-19(29-21(28)13-5-8-16(23)9-6-13)14(11-15)12-25-26-20(27)17-3-1-2-4-18(17)24/h1-12H,(H,26,27)/b25-12-. The summed E-state index contributed by atoms with van der Waals surface area (Å²) in [7, 11) is 0. The van der Waals surface area contributed by atoms with Crippen LogP contribution >= 0.6 is 39.1 Å². The predicted octanol–water partition coefficient (Wildman–Crippen LogP) is 5.74. The fourth-order valence-corrected chi connectivity index (χ4v) is 3.05. The highest BCUT2D eigenvalue weighted by molar-refractivity contribution is 9.10. The van der Waals surface area contributed by atoms with Crippen LogP contribution in [0.3, 0.4) is 0 Å². The number of esters is 1. The second-order valence-corrected chi connectivity index (χ2v) is 7.52. The number of nitrogens with one attached hydrogen (secondary N) is 1. The summed E-state index contributed by atoms with van der Waals surface area (Å²) in [5.41, 5.74) is 3.54. The van der Waals surface area contributed by atoms with Gasteiger partial charge in [0.25, 0.3) is 5.91 Å². The SMILES string of the molecule is O=C(Oc1ccc(Br)cc1/C=N\NC(=O)c1ccccc1Cl)c1ccc(Cl)cc1. The van der Waals surface area contributed by atoms with E-state index in [-0.39, 0.29) is 5.75 Å². The molecule has 0 heterocycles. The van der Waals surface area contributed by atoms with Crippen molar-refractivity contribution in [2.24, 2.45) is 5.10 Å². The maximum Gasteiger partial charge on any atom is 0.343 e.